The number of non-ortho nitro benzene ring substituents is 1. The lowest BCUT2D eigenvalue weighted by atomic mass is 10.2. The Morgan fingerprint density at radius 3 is 2.56 bits per heavy atom. The van der Waals surface area contributed by atoms with Crippen molar-refractivity contribution < 1.29 is 19.2 Å². The Hall–Kier alpha value is -2.82. The molecule has 0 saturated carbocycles. The zero-order valence-electron chi connectivity index (χ0n) is 12.8. The van der Waals surface area contributed by atoms with Crippen molar-refractivity contribution in [3.8, 4) is 17.6 Å². The van der Waals surface area contributed by atoms with E-state index in [4.69, 9.17) is 37.9 Å². The van der Waals surface area contributed by atoms with Gasteiger partial charge in [0.05, 0.1) is 38.8 Å². The molecule has 0 aliphatic carbocycles. The Morgan fingerprint density at radius 1 is 1.28 bits per heavy atom. The van der Waals surface area contributed by atoms with E-state index in [1.165, 1.54) is 18.2 Å². The number of nitriles is 1. The molecular weight excluding hydrogens is 371 g/mol. The number of carbonyl (C=O) groups is 1. The van der Waals surface area contributed by atoms with Crippen LogP contribution in [0.15, 0.2) is 30.3 Å². The quantitative estimate of drug-likeness (QED) is 0.329. The van der Waals surface area contributed by atoms with E-state index in [9.17, 15) is 14.9 Å². The summed E-state index contributed by atoms with van der Waals surface area (Å²) in [7, 11) is 0. The monoisotopic (exact) mass is 380 g/mol. The van der Waals surface area contributed by atoms with E-state index >= 15 is 0 Å². The molecule has 0 bridgehead atoms. The highest BCUT2D eigenvalue weighted by Gasteiger charge is 2.21. The number of esters is 1. The fourth-order valence-electron chi connectivity index (χ4n) is 1.93. The molecule has 7 nitrogen and oxygen atoms in total. The number of benzene rings is 2. The second-order valence-electron chi connectivity index (χ2n) is 4.64. The van der Waals surface area contributed by atoms with Crippen molar-refractivity contribution >= 4 is 34.9 Å². The predicted octanol–water partition coefficient (Wildman–Crippen LogP) is 4.39. The van der Waals surface area contributed by atoms with Crippen LogP contribution in [0.3, 0.4) is 0 Å². The number of nitro groups is 1. The van der Waals surface area contributed by atoms with Gasteiger partial charge in [-0.15, -0.1) is 0 Å². The number of nitrogens with zero attached hydrogens (tertiary/aromatic N) is 2. The molecule has 0 N–H and O–H groups in total. The third-order valence-electron chi connectivity index (χ3n) is 3.02. The van der Waals surface area contributed by atoms with E-state index < -0.39 is 10.9 Å². The lowest BCUT2D eigenvalue weighted by Gasteiger charge is -2.13. The molecule has 0 aromatic heterocycles. The molecule has 0 amide bonds. The van der Waals surface area contributed by atoms with Crippen molar-refractivity contribution in [3.05, 3.63) is 61.6 Å². The van der Waals surface area contributed by atoms with Gasteiger partial charge in [-0.2, -0.15) is 5.26 Å². The van der Waals surface area contributed by atoms with Crippen LogP contribution in [-0.4, -0.2) is 17.5 Å². The van der Waals surface area contributed by atoms with Gasteiger partial charge in [-0.05, 0) is 19.1 Å². The van der Waals surface area contributed by atoms with Crippen molar-refractivity contribution in [2.75, 3.05) is 6.61 Å². The minimum Gasteiger partial charge on any atom is -0.490 e. The van der Waals surface area contributed by atoms with Crippen LogP contribution < -0.4 is 9.47 Å². The summed E-state index contributed by atoms with van der Waals surface area (Å²) in [6.07, 6.45) is 0. The van der Waals surface area contributed by atoms with Crippen LogP contribution >= 0.6 is 23.2 Å². The lowest BCUT2D eigenvalue weighted by Crippen LogP contribution is -2.11. The normalized spacial score (nSPS) is 10.0. The SMILES string of the molecule is CCOc1cc(C#N)cc(Cl)c1OC(=O)c1ccc([N+](=O)[O-])cc1Cl. The molecule has 0 aliphatic heterocycles. The zero-order chi connectivity index (χ0) is 18.6. The molecule has 2 aromatic rings. The van der Waals surface area contributed by atoms with Gasteiger partial charge in [0.15, 0.2) is 11.5 Å². The second kappa shape index (κ2) is 7.83. The molecule has 128 valence electrons. The van der Waals surface area contributed by atoms with E-state index in [-0.39, 0.29) is 45.0 Å². The van der Waals surface area contributed by atoms with Crippen LogP contribution in [0.5, 0.6) is 11.5 Å². The highest BCUT2D eigenvalue weighted by molar-refractivity contribution is 6.34. The van der Waals surface area contributed by atoms with E-state index in [0.29, 0.717) is 0 Å². The summed E-state index contributed by atoms with van der Waals surface area (Å²) in [6.45, 7) is 1.97. The first kappa shape index (κ1) is 18.5. The first-order valence-electron chi connectivity index (χ1n) is 6.90. The molecule has 2 rings (SSSR count). The first-order chi connectivity index (χ1) is 11.9. The number of nitro benzene ring substituents is 1. The van der Waals surface area contributed by atoms with Crippen LogP contribution in [0.25, 0.3) is 0 Å². The molecule has 0 heterocycles. The Morgan fingerprint density at radius 2 is 2.00 bits per heavy atom. The van der Waals surface area contributed by atoms with Gasteiger partial charge >= 0.3 is 5.97 Å². The maximum atomic E-state index is 12.3. The van der Waals surface area contributed by atoms with E-state index in [0.717, 1.165) is 12.1 Å². The molecule has 0 unspecified atom stereocenters. The van der Waals surface area contributed by atoms with Crippen LogP contribution in [0.2, 0.25) is 10.0 Å². The minimum absolute atomic E-state index is 0.00823. The van der Waals surface area contributed by atoms with Crippen molar-refractivity contribution in [3.63, 3.8) is 0 Å². The molecule has 0 atom stereocenters. The minimum atomic E-state index is -0.868. The Bertz CT molecular complexity index is 893. The average molecular weight is 381 g/mol. The summed E-state index contributed by atoms with van der Waals surface area (Å²) in [5.41, 5.74) is -0.0929. The average Bonchev–Trinajstić information content (AvgIpc) is 2.57. The van der Waals surface area contributed by atoms with Gasteiger partial charge in [0, 0.05) is 18.2 Å². The standard InChI is InChI=1S/C16H10Cl2N2O5/c1-2-24-14-6-9(8-19)5-13(18)15(14)25-16(21)11-4-3-10(20(22)23)7-12(11)17/h3-7H,2H2,1H3. The number of carbonyl (C=O) groups excluding carboxylic acids is 1. The van der Waals surface area contributed by atoms with Gasteiger partial charge in [-0.1, -0.05) is 23.2 Å². The Kier molecular flexibility index (Phi) is 5.80. The van der Waals surface area contributed by atoms with Crippen LogP contribution in [0.1, 0.15) is 22.8 Å². The molecule has 0 fully saturated rings. The fourth-order valence-corrected chi connectivity index (χ4v) is 2.43. The third kappa shape index (κ3) is 4.18. The largest absolute Gasteiger partial charge is 0.490 e. The molecular formula is C16H10Cl2N2O5. The molecule has 0 saturated heterocycles. The van der Waals surface area contributed by atoms with Crippen LogP contribution in [0, 0.1) is 21.4 Å². The molecule has 0 radical (unpaired) electrons. The van der Waals surface area contributed by atoms with Gasteiger partial charge in [0.2, 0.25) is 0 Å². The van der Waals surface area contributed by atoms with Crippen molar-refractivity contribution in [2.45, 2.75) is 6.92 Å². The van der Waals surface area contributed by atoms with Crippen molar-refractivity contribution in [1.82, 2.24) is 0 Å². The summed E-state index contributed by atoms with van der Waals surface area (Å²) in [4.78, 5) is 22.4. The molecule has 0 aliphatic rings. The fraction of sp³-hybridized carbons (Fsp3) is 0.125. The summed E-state index contributed by atoms with van der Waals surface area (Å²) in [6, 6.07) is 7.98. The van der Waals surface area contributed by atoms with Gasteiger partial charge in [0.1, 0.15) is 0 Å². The van der Waals surface area contributed by atoms with Gasteiger partial charge in [0.25, 0.3) is 5.69 Å². The van der Waals surface area contributed by atoms with E-state index in [1.54, 1.807) is 6.92 Å². The van der Waals surface area contributed by atoms with Gasteiger partial charge in [-0.25, -0.2) is 4.79 Å². The maximum absolute atomic E-state index is 12.3. The van der Waals surface area contributed by atoms with Crippen molar-refractivity contribution in [1.29, 1.82) is 5.26 Å². The smallest absolute Gasteiger partial charge is 0.345 e. The van der Waals surface area contributed by atoms with E-state index in [2.05, 4.69) is 0 Å². The molecule has 25 heavy (non-hydrogen) atoms. The maximum Gasteiger partial charge on any atom is 0.345 e. The van der Waals surface area contributed by atoms with Gasteiger partial charge < -0.3 is 9.47 Å². The topological polar surface area (TPSA) is 102 Å². The second-order valence-corrected chi connectivity index (χ2v) is 5.46. The number of hydrogen-bond acceptors (Lipinski definition) is 6. The van der Waals surface area contributed by atoms with E-state index in [1.807, 2.05) is 6.07 Å². The predicted molar refractivity (Wildman–Crippen MR) is 90.4 cm³/mol. The molecule has 2 aromatic carbocycles. The number of ether oxygens (including phenoxy) is 2. The molecule has 9 heteroatoms. The molecule has 0 spiro atoms. The van der Waals surface area contributed by atoms with Gasteiger partial charge in [-0.3, -0.25) is 10.1 Å². The number of halogens is 2. The van der Waals surface area contributed by atoms with Crippen LogP contribution in [-0.2, 0) is 0 Å². The van der Waals surface area contributed by atoms with Crippen LogP contribution in [0.4, 0.5) is 5.69 Å². The Labute approximate surface area is 152 Å². The first-order valence-corrected chi connectivity index (χ1v) is 7.65. The summed E-state index contributed by atoms with van der Waals surface area (Å²) < 4.78 is 10.6. The van der Waals surface area contributed by atoms with Crippen molar-refractivity contribution in [2.24, 2.45) is 0 Å². The summed E-state index contributed by atoms with van der Waals surface area (Å²) in [5, 5.41) is 19.6. The highest BCUT2D eigenvalue weighted by atomic mass is 35.5. The highest BCUT2D eigenvalue weighted by Crippen LogP contribution is 2.37. The third-order valence-corrected chi connectivity index (χ3v) is 3.61. The lowest BCUT2D eigenvalue weighted by molar-refractivity contribution is -0.384. The summed E-state index contributed by atoms with van der Waals surface area (Å²) in [5.74, 6) is -0.813. The number of hydrogen-bond donors (Lipinski definition) is 0. The summed E-state index contributed by atoms with van der Waals surface area (Å²) >= 11 is 12.0. The number of rotatable bonds is 5. The zero-order valence-corrected chi connectivity index (χ0v) is 14.3. The Balaban J connectivity index is 2.38.